The van der Waals surface area contributed by atoms with Crippen molar-refractivity contribution in [1.82, 2.24) is 4.90 Å². The van der Waals surface area contributed by atoms with Gasteiger partial charge in [0, 0.05) is 25.6 Å². The Labute approximate surface area is 138 Å². The molecular weight excluding hydrogens is 311 g/mol. The van der Waals surface area contributed by atoms with Crippen LogP contribution in [0, 0.1) is 5.82 Å². The number of fused-ring (bicyclic) bond motifs is 1. The number of nitrogens with one attached hydrogen (secondary N) is 1. The lowest BCUT2D eigenvalue weighted by atomic mass is 9.99. The second kappa shape index (κ2) is 6.31. The summed E-state index contributed by atoms with van der Waals surface area (Å²) < 4.78 is 13.7. The van der Waals surface area contributed by atoms with Crippen molar-refractivity contribution < 1.29 is 19.1 Å². The lowest BCUT2D eigenvalue weighted by molar-refractivity contribution is -0.114. The quantitative estimate of drug-likeness (QED) is 0.890. The van der Waals surface area contributed by atoms with E-state index >= 15 is 0 Å². The van der Waals surface area contributed by atoms with Crippen molar-refractivity contribution in [3.8, 4) is 5.75 Å². The average molecular weight is 328 g/mol. The molecule has 0 aliphatic carbocycles. The standard InChI is InChI=1S/C18H17FN2O3/c1-11(22)20-17-9-13(3-5-16(17)19)18(24)21-7-6-12-2-4-15(23)8-14(12)10-21/h2-5,8-9,23H,6-7,10H2,1H3,(H,20,22). The van der Waals surface area contributed by atoms with Crippen LogP contribution < -0.4 is 5.32 Å². The molecule has 5 nitrogen and oxygen atoms in total. The molecule has 0 saturated heterocycles. The summed E-state index contributed by atoms with van der Waals surface area (Å²) >= 11 is 0. The molecule has 0 spiro atoms. The minimum absolute atomic E-state index is 0.0107. The van der Waals surface area contributed by atoms with E-state index in [1.807, 2.05) is 6.07 Å². The van der Waals surface area contributed by atoms with Gasteiger partial charge in [0.1, 0.15) is 11.6 Å². The first-order chi connectivity index (χ1) is 11.4. The molecule has 2 amide bonds. The fraction of sp³-hybridized carbons (Fsp3) is 0.222. The van der Waals surface area contributed by atoms with Gasteiger partial charge in [0.05, 0.1) is 5.69 Å². The number of halogens is 1. The van der Waals surface area contributed by atoms with E-state index in [1.165, 1.54) is 25.1 Å². The zero-order valence-electron chi connectivity index (χ0n) is 13.2. The molecule has 0 saturated carbocycles. The maximum absolute atomic E-state index is 13.7. The summed E-state index contributed by atoms with van der Waals surface area (Å²) in [6.07, 6.45) is 0.696. The van der Waals surface area contributed by atoms with Crippen LogP contribution in [0.5, 0.6) is 5.75 Å². The van der Waals surface area contributed by atoms with E-state index in [1.54, 1.807) is 17.0 Å². The Morgan fingerprint density at radius 2 is 1.96 bits per heavy atom. The van der Waals surface area contributed by atoms with Gasteiger partial charge in [-0.15, -0.1) is 0 Å². The number of carbonyl (C=O) groups excluding carboxylic acids is 2. The van der Waals surface area contributed by atoms with Gasteiger partial charge in [0.2, 0.25) is 5.91 Å². The molecule has 3 rings (SSSR count). The van der Waals surface area contributed by atoms with Crippen molar-refractivity contribution in [2.45, 2.75) is 19.9 Å². The Bertz CT molecular complexity index is 820. The number of anilines is 1. The summed E-state index contributed by atoms with van der Waals surface area (Å²) in [5.74, 6) is -1.06. The number of phenols is 1. The van der Waals surface area contributed by atoms with Gasteiger partial charge in [0.25, 0.3) is 5.91 Å². The molecule has 0 bridgehead atoms. The fourth-order valence-corrected chi connectivity index (χ4v) is 2.84. The molecule has 2 N–H and O–H groups in total. The number of nitrogens with zero attached hydrogens (tertiary/aromatic N) is 1. The van der Waals surface area contributed by atoms with Gasteiger partial charge in [-0.25, -0.2) is 4.39 Å². The summed E-state index contributed by atoms with van der Waals surface area (Å²) in [5.41, 5.74) is 2.31. The van der Waals surface area contributed by atoms with Crippen LogP contribution in [0.2, 0.25) is 0 Å². The molecule has 0 radical (unpaired) electrons. The third kappa shape index (κ3) is 3.22. The average Bonchev–Trinajstić information content (AvgIpc) is 2.55. The summed E-state index contributed by atoms with van der Waals surface area (Å²) in [6, 6.07) is 9.07. The van der Waals surface area contributed by atoms with Crippen LogP contribution >= 0.6 is 0 Å². The Morgan fingerprint density at radius 1 is 1.17 bits per heavy atom. The SMILES string of the molecule is CC(=O)Nc1cc(C(=O)N2CCc3ccc(O)cc3C2)ccc1F. The smallest absolute Gasteiger partial charge is 0.254 e. The van der Waals surface area contributed by atoms with E-state index in [0.29, 0.717) is 25.1 Å². The van der Waals surface area contributed by atoms with Crippen LogP contribution in [-0.4, -0.2) is 28.4 Å². The first-order valence-electron chi connectivity index (χ1n) is 7.61. The van der Waals surface area contributed by atoms with Crippen LogP contribution in [0.1, 0.15) is 28.4 Å². The van der Waals surface area contributed by atoms with E-state index < -0.39 is 11.7 Å². The van der Waals surface area contributed by atoms with Gasteiger partial charge in [-0.05, 0) is 47.9 Å². The van der Waals surface area contributed by atoms with Crippen LogP contribution in [0.3, 0.4) is 0 Å². The van der Waals surface area contributed by atoms with Crippen LogP contribution in [-0.2, 0) is 17.8 Å². The summed E-state index contributed by atoms with van der Waals surface area (Å²) in [6.45, 7) is 2.21. The highest BCUT2D eigenvalue weighted by molar-refractivity contribution is 5.97. The van der Waals surface area contributed by atoms with Crippen LogP contribution in [0.15, 0.2) is 36.4 Å². The van der Waals surface area contributed by atoms with Crippen molar-refractivity contribution in [2.24, 2.45) is 0 Å². The largest absolute Gasteiger partial charge is 0.508 e. The molecule has 6 heteroatoms. The van der Waals surface area contributed by atoms with Crippen molar-refractivity contribution in [3.05, 3.63) is 58.9 Å². The van der Waals surface area contributed by atoms with E-state index in [0.717, 1.165) is 11.1 Å². The molecule has 2 aromatic carbocycles. The molecule has 124 valence electrons. The molecule has 1 aliphatic rings. The number of hydrogen-bond donors (Lipinski definition) is 2. The molecule has 1 heterocycles. The number of benzene rings is 2. The van der Waals surface area contributed by atoms with Gasteiger partial charge in [-0.3, -0.25) is 9.59 Å². The third-order valence-electron chi connectivity index (χ3n) is 4.01. The topological polar surface area (TPSA) is 69.6 Å². The zero-order valence-corrected chi connectivity index (χ0v) is 13.2. The second-order valence-corrected chi connectivity index (χ2v) is 5.81. The van der Waals surface area contributed by atoms with Crippen LogP contribution in [0.4, 0.5) is 10.1 Å². The molecule has 0 fully saturated rings. The molecule has 1 aliphatic heterocycles. The Kier molecular flexibility index (Phi) is 4.20. The third-order valence-corrected chi connectivity index (χ3v) is 4.01. The van der Waals surface area contributed by atoms with E-state index in [9.17, 15) is 19.1 Å². The Balaban J connectivity index is 1.83. The maximum Gasteiger partial charge on any atom is 0.254 e. The highest BCUT2D eigenvalue weighted by Gasteiger charge is 2.23. The Morgan fingerprint density at radius 3 is 2.71 bits per heavy atom. The molecule has 0 unspecified atom stereocenters. The summed E-state index contributed by atoms with van der Waals surface area (Å²) in [4.78, 5) is 25.4. The Hall–Kier alpha value is -2.89. The lowest BCUT2D eigenvalue weighted by Crippen LogP contribution is -2.36. The van der Waals surface area contributed by atoms with Crippen LogP contribution in [0.25, 0.3) is 0 Å². The number of hydrogen-bond acceptors (Lipinski definition) is 3. The van der Waals surface area contributed by atoms with Crippen molar-refractivity contribution in [3.63, 3.8) is 0 Å². The van der Waals surface area contributed by atoms with Gasteiger partial charge >= 0.3 is 0 Å². The predicted octanol–water partition coefficient (Wildman–Crippen LogP) is 2.69. The van der Waals surface area contributed by atoms with Gasteiger partial charge < -0.3 is 15.3 Å². The molecule has 2 aromatic rings. The minimum atomic E-state index is -0.587. The molecule has 0 aromatic heterocycles. The predicted molar refractivity (Wildman–Crippen MR) is 87.3 cm³/mol. The summed E-state index contributed by atoms with van der Waals surface area (Å²) in [5, 5.41) is 12.0. The maximum atomic E-state index is 13.7. The number of rotatable bonds is 2. The number of carbonyl (C=O) groups is 2. The van der Waals surface area contributed by atoms with Gasteiger partial charge in [-0.1, -0.05) is 6.07 Å². The highest BCUT2D eigenvalue weighted by atomic mass is 19.1. The highest BCUT2D eigenvalue weighted by Crippen LogP contribution is 2.25. The van der Waals surface area contributed by atoms with Crippen molar-refractivity contribution in [2.75, 3.05) is 11.9 Å². The second-order valence-electron chi connectivity index (χ2n) is 5.81. The summed E-state index contributed by atoms with van der Waals surface area (Å²) in [7, 11) is 0. The first kappa shape index (κ1) is 16.0. The molecular formula is C18H17FN2O3. The normalized spacial score (nSPS) is 13.3. The molecule has 24 heavy (non-hydrogen) atoms. The van der Waals surface area contributed by atoms with E-state index in [-0.39, 0.29) is 17.3 Å². The van der Waals surface area contributed by atoms with E-state index in [2.05, 4.69) is 5.32 Å². The van der Waals surface area contributed by atoms with E-state index in [4.69, 9.17) is 0 Å². The fourth-order valence-electron chi connectivity index (χ4n) is 2.84. The monoisotopic (exact) mass is 328 g/mol. The zero-order chi connectivity index (χ0) is 17.3. The van der Waals surface area contributed by atoms with Crippen molar-refractivity contribution >= 4 is 17.5 Å². The van der Waals surface area contributed by atoms with Gasteiger partial charge in [0.15, 0.2) is 0 Å². The number of phenolic OH excluding ortho intramolecular Hbond substituents is 1. The lowest BCUT2D eigenvalue weighted by Gasteiger charge is -2.29. The minimum Gasteiger partial charge on any atom is -0.508 e. The molecule has 0 atom stereocenters. The number of aromatic hydroxyl groups is 1. The number of amides is 2. The first-order valence-corrected chi connectivity index (χ1v) is 7.61. The van der Waals surface area contributed by atoms with Crippen molar-refractivity contribution in [1.29, 1.82) is 0 Å². The van der Waals surface area contributed by atoms with Gasteiger partial charge in [-0.2, -0.15) is 0 Å².